The molecule has 0 heterocycles. The largest absolute Gasteiger partial charge is 0.296 e. The highest BCUT2D eigenvalue weighted by atomic mass is 32.2. The molecule has 1 fully saturated rings. The van der Waals surface area contributed by atoms with Gasteiger partial charge in [0.05, 0.1) is 11.5 Å². The number of benzene rings is 1. The van der Waals surface area contributed by atoms with Gasteiger partial charge in [-0.05, 0) is 43.7 Å². The summed E-state index contributed by atoms with van der Waals surface area (Å²) in [5.41, 5.74) is 0.974. The zero-order valence-corrected chi connectivity index (χ0v) is 13.5. The summed E-state index contributed by atoms with van der Waals surface area (Å²) in [4.78, 5) is 0.234. The molecule has 1 saturated carbocycles. The Kier molecular flexibility index (Phi) is 5.22. The van der Waals surface area contributed by atoms with Crippen LogP contribution in [0, 0.1) is 12.3 Å². The first kappa shape index (κ1) is 16.2. The third-order valence-corrected chi connectivity index (χ3v) is 5.60. The molecule has 0 amide bonds. The lowest BCUT2D eigenvalue weighted by Gasteiger charge is -2.35. The predicted octanol–water partition coefficient (Wildman–Crippen LogP) is 4.23. The van der Waals surface area contributed by atoms with E-state index in [0.717, 1.165) is 37.7 Å². The highest BCUT2D eigenvalue weighted by Crippen LogP contribution is 2.40. The number of rotatable bonds is 6. The van der Waals surface area contributed by atoms with Crippen LogP contribution in [-0.2, 0) is 14.3 Å². The fraction of sp³-hybridized carbons (Fsp3) is 0.529. The van der Waals surface area contributed by atoms with Crippen LogP contribution in [0.1, 0.15) is 44.1 Å². The molecule has 0 N–H and O–H groups in total. The quantitative estimate of drug-likeness (QED) is 0.583. The van der Waals surface area contributed by atoms with Crippen molar-refractivity contribution in [2.45, 2.75) is 50.3 Å². The summed E-state index contributed by atoms with van der Waals surface area (Å²) in [5, 5.41) is 0. The van der Waals surface area contributed by atoms with Crippen LogP contribution >= 0.6 is 0 Å². The molecule has 0 radical (unpaired) electrons. The molecule has 3 nitrogen and oxygen atoms in total. The minimum absolute atomic E-state index is 0.0578. The molecule has 0 unspecified atom stereocenters. The standard InChI is InChI=1S/C17H24O3S/c1-3-11-17(12-5-4-6-13-17)14-20-21(18,19)16-9-7-15(2)8-10-16/h3,7-10H,1,4-6,11-14H2,2H3. The van der Waals surface area contributed by atoms with Gasteiger partial charge in [-0.15, -0.1) is 6.58 Å². The number of aryl methyl sites for hydroxylation is 1. The van der Waals surface area contributed by atoms with Gasteiger partial charge in [-0.2, -0.15) is 8.42 Å². The summed E-state index contributed by atoms with van der Waals surface area (Å²) in [5.74, 6) is 0. The van der Waals surface area contributed by atoms with Crippen molar-refractivity contribution in [3.8, 4) is 0 Å². The lowest BCUT2D eigenvalue weighted by atomic mass is 9.72. The van der Waals surface area contributed by atoms with E-state index in [4.69, 9.17) is 4.18 Å². The molecule has 0 aromatic heterocycles. The lowest BCUT2D eigenvalue weighted by Crippen LogP contribution is -2.30. The van der Waals surface area contributed by atoms with Crippen molar-refractivity contribution in [3.05, 3.63) is 42.5 Å². The Morgan fingerprint density at radius 1 is 1.19 bits per heavy atom. The molecule has 0 spiro atoms. The van der Waals surface area contributed by atoms with E-state index >= 15 is 0 Å². The van der Waals surface area contributed by atoms with Crippen LogP contribution in [-0.4, -0.2) is 15.0 Å². The van der Waals surface area contributed by atoms with Crippen LogP contribution in [0.3, 0.4) is 0 Å². The highest BCUT2D eigenvalue weighted by molar-refractivity contribution is 7.86. The predicted molar refractivity (Wildman–Crippen MR) is 84.6 cm³/mol. The fourth-order valence-electron chi connectivity index (χ4n) is 2.99. The Bertz CT molecular complexity index is 567. The van der Waals surface area contributed by atoms with Crippen molar-refractivity contribution in [2.24, 2.45) is 5.41 Å². The Hall–Kier alpha value is -1.13. The molecule has 116 valence electrons. The number of hydrogen-bond donors (Lipinski definition) is 0. The average molecular weight is 308 g/mol. The van der Waals surface area contributed by atoms with Crippen LogP contribution in [0.25, 0.3) is 0 Å². The molecule has 0 atom stereocenters. The van der Waals surface area contributed by atoms with Gasteiger partial charge >= 0.3 is 0 Å². The summed E-state index contributed by atoms with van der Waals surface area (Å²) in [6.07, 6.45) is 8.24. The molecule has 0 saturated heterocycles. The number of allylic oxidation sites excluding steroid dienone is 1. The third-order valence-electron chi connectivity index (χ3n) is 4.32. The Morgan fingerprint density at radius 3 is 2.38 bits per heavy atom. The molecule has 4 heteroatoms. The maximum absolute atomic E-state index is 12.3. The Morgan fingerprint density at radius 2 is 1.81 bits per heavy atom. The van der Waals surface area contributed by atoms with E-state index in [9.17, 15) is 8.42 Å². The smallest absolute Gasteiger partial charge is 0.266 e. The van der Waals surface area contributed by atoms with Gasteiger partial charge in [0, 0.05) is 0 Å². The average Bonchev–Trinajstić information content (AvgIpc) is 2.47. The van der Waals surface area contributed by atoms with E-state index < -0.39 is 10.1 Å². The van der Waals surface area contributed by atoms with Gasteiger partial charge in [0.1, 0.15) is 0 Å². The van der Waals surface area contributed by atoms with E-state index in [2.05, 4.69) is 6.58 Å². The van der Waals surface area contributed by atoms with Crippen molar-refractivity contribution in [1.29, 1.82) is 0 Å². The van der Waals surface area contributed by atoms with E-state index in [1.54, 1.807) is 24.3 Å². The van der Waals surface area contributed by atoms with Crippen molar-refractivity contribution >= 4 is 10.1 Å². The summed E-state index contributed by atoms with van der Waals surface area (Å²) >= 11 is 0. The molecular weight excluding hydrogens is 284 g/mol. The second kappa shape index (κ2) is 6.75. The molecule has 2 rings (SSSR count). The summed E-state index contributed by atoms with van der Waals surface area (Å²) in [7, 11) is -3.67. The van der Waals surface area contributed by atoms with Gasteiger partial charge in [-0.25, -0.2) is 0 Å². The molecular formula is C17H24O3S. The lowest BCUT2D eigenvalue weighted by molar-refractivity contribution is 0.104. The zero-order chi connectivity index (χ0) is 15.3. The molecule has 1 aliphatic carbocycles. The Balaban J connectivity index is 2.08. The molecule has 1 aromatic rings. The van der Waals surface area contributed by atoms with Crippen LogP contribution in [0.5, 0.6) is 0 Å². The molecule has 1 aliphatic rings. The van der Waals surface area contributed by atoms with E-state index in [0.29, 0.717) is 0 Å². The third kappa shape index (κ3) is 4.17. The molecule has 21 heavy (non-hydrogen) atoms. The summed E-state index contributed by atoms with van der Waals surface area (Å²) in [6.45, 7) is 6.00. The van der Waals surface area contributed by atoms with Crippen molar-refractivity contribution in [2.75, 3.05) is 6.61 Å². The van der Waals surface area contributed by atoms with Gasteiger partial charge < -0.3 is 0 Å². The second-order valence-electron chi connectivity index (χ2n) is 6.08. The minimum atomic E-state index is -3.67. The first-order chi connectivity index (χ1) is 9.97. The second-order valence-corrected chi connectivity index (χ2v) is 7.70. The first-order valence-corrected chi connectivity index (χ1v) is 8.95. The topological polar surface area (TPSA) is 43.4 Å². The maximum atomic E-state index is 12.3. The van der Waals surface area contributed by atoms with Gasteiger partial charge in [0.2, 0.25) is 0 Å². The minimum Gasteiger partial charge on any atom is -0.266 e. The van der Waals surface area contributed by atoms with Crippen LogP contribution in [0.4, 0.5) is 0 Å². The fourth-order valence-corrected chi connectivity index (χ4v) is 4.00. The normalized spacial score (nSPS) is 18.3. The molecule has 0 aliphatic heterocycles. The first-order valence-electron chi connectivity index (χ1n) is 7.54. The Labute approximate surface area is 128 Å². The molecule has 0 bridgehead atoms. The van der Waals surface area contributed by atoms with Gasteiger partial charge in [-0.3, -0.25) is 4.18 Å². The van der Waals surface area contributed by atoms with E-state index in [-0.39, 0.29) is 16.9 Å². The van der Waals surface area contributed by atoms with Gasteiger partial charge in [0.15, 0.2) is 0 Å². The van der Waals surface area contributed by atoms with Crippen LogP contribution < -0.4 is 0 Å². The van der Waals surface area contributed by atoms with E-state index in [1.165, 1.54) is 6.42 Å². The van der Waals surface area contributed by atoms with Gasteiger partial charge in [0.25, 0.3) is 10.1 Å². The summed E-state index contributed by atoms with van der Waals surface area (Å²) in [6, 6.07) is 6.78. The highest BCUT2D eigenvalue weighted by Gasteiger charge is 2.33. The zero-order valence-electron chi connectivity index (χ0n) is 12.7. The van der Waals surface area contributed by atoms with Crippen LogP contribution in [0.15, 0.2) is 41.8 Å². The van der Waals surface area contributed by atoms with E-state index in [1.807, 2.05) is 13.0 Å². The van der Waals surface area contributed by atoms with Crippen LogP contribution in [0.2, 0.25) is 0 Å². The van der Waals surface area contributed by atoms with Crippen molar-refractivity contribution in [3.63, 3.8) is 0 Å². The maximum Gasteiger partial charge on any atom is 0.296 e. The van der Waals surface area contributed by atoms with Crippen molar-refractivity contribution in [1.82, 2.24) is 0 Å². The van der Waals surface area contributed by atoms with Gasteiger partial charge in [-0.1, -0.05) is 43.0 Å². The number of hydrogen-bond acceptors (Lipinski definition) is 3. The summed E-state index contributed by atoms with van der Waals surface area (Å²) < 4.78 is 29.9. The monoisotopic (exact) mass is 308 g/mol. The van der Waals surface area contributed by atoms with Crippen molar-refractivity contribution < 1.29 is 12.6 Å². The SMILES string of the molecule is C=CCC1(COS(=O)(=O)c2ccc(C)cc2)CCCCC1. The molecule has 1 aromatic carbocycles.